The minimum absolute atomic E-state index is 0. The molecule has 0 radical (unpaired) electrons. The number of nitrogens with one attached hydrogen (secondary N) is 1. The summed E-state index contributed by atoms with van der Waals surface area (Å²) in [4.78, 5) is 13.7. The van der Waals surface area contributed by atoms with E-state index >= 15 is 0 Å². The summed E-state index contributed by atoms with van der Waals surface area (Å²) in [5.41, 5.74) is 0. The van der Waals surface area contributed by atoms with Gasteiger partial charge in [-0.1, -0.05) is 0 Å². The Labute approximate surface area is 96.4 Å². The molecule has 0 aromatic rings. The van der Waals surface area contributed by atoms with E-state index in [2.05, 4.69) is 5.32 Å². The molecule has 88 valence electrons. The Balaban J connectivity index is 0.00000112. The van der Waals surface area contributed by atoms with E-state index in [1.54, 1.807) is 0 Å². The first-order valence-corrected chi connectivity index (χ1v) is 5.45. The van der Waals surface area contributed by atoms with Crippen molar-refractivity contribution in [1.82, 2.24) is 10.2 Å². The molecule has 0 aromatic carbocycles. The third kappa shape index (κ3) is 3.06. The highest BCUT2D eigenvalue weighted by atomic mass is 35.5. The van der Waals surface area contributed by atoms with Crippen LogP contribution in [0.15, 0.2) is 0 Å². The summed E-state index contributed by atoms with van der Waals surface area (Å²) in [6.07, 6.45) is 2.53. The molecule has 0 aromatic heterocycles. The van der Waals surface area contributed by atoms with Gasteiger partial charge in [-0.15, -0.1) is 12.4 Å². The maximum Gasteiger partial charge on any atom is 0.227 e. The molecule has 5 heteroatoms. The third-order valence-electron chi connectivity index (χ3n) is 3.12. The van der Waals surface area contributed by atoms with Crippen molar-refractivity contribution in [3.63, 3.8) is 0 Å². The Hall–Kier alpha value is -0.320. The molecule has 2 saturated heterocycles. The fraction of sp³-hybridized carbons (Fsp3) is 0.900. The van der Waals surface area contributed by atoms with Gasteiger partial charge in [-0.05, 0) is 25.8 Å². The normalized spacial score (nSPS) is 31.1. The van der Waals surface area contributed by atoms with Gasteiger partial charge < -0.3 is 15.3 Å². The molecule has 0 saturated carbocycles. The van der Waals surface area contributed by atoms with Crippen LogP contribution < -0.4 is 5.32 Å². The van der Waals surface area contributed by atoms with Crippen LogP contribution >= 0.6 is 12.4 Å². The summed E-state index contributed by atoms with van der Waals surface area (Å²) >= 11 is 0. The molecule has 2 fully saturated rings. The molecule has 4 nitrogen and oxygen atoms in total. The summed E-state index contributed by atoms with van der Waals surface area (Å²) in [6.45, 7) is 3.11. The number of aliphatic hydroxyl groups is 1. The Morgan fingerprint density at radius 3 is 2.73 bits per heavy atom. The van der Waals surface area contributed by atoms with Gasteiger partial charge in [-0.2, -0.15) is 0 Å². The van der Waals surface area contributed by atoms with Crippen LogP contribution in [0.25, 0.3) is 0 Å². The Bertz CT molecular complexity index is 213. The molecule has 0 aliphatic carbocycles. The van der Waals surface area contributed by atoms with Crippen LogP contribution in [0.1, 0.15) is 19.3 Å². The summed E-state index contributed by atoms with van der Waals surface area (Å²) in [6, 6.07) is 0. The van der Waals surface area contributed by atoms with Gasteiger partial charge in [0.05, 0.1) is 12.0 Å². The van der Waals surface area contributed by atoms with E-state index in [4.69, 9.17) is 0 Å². The van der Waals surface area contributed by atoms with Crippen molar-refractivity contribution in [2.24, 2.45) is 5.92 Å². The van der Waals surface area contributed by atoms with Crippen molar-refractivity contribution in [1.29, 1.82) is 0 Å². The van der Waals surface area contributed by atoms with E-state index in [9.17, 15) is 9.90 Å². The monoisotopic (exact) mass is 234 g/mol. The van der Waals surface area contributed by atoms with E-state index in [-0.39, 0.29) is 30.3 Å². The van der Waals surface area contributed by atoms with Crippen molar-refractivity contribution < 1.29 is 9.90 Å². The second-order valence-electron chi connectivity index (χ2n) is 4.27. The van der Waals surface area contributed by atoms with Crippen molar-refractivity contribution in [2.75, 3.05) is 26.2 Å². The van der Waals surface area contributed by atoms with E-state index in [1.807, 2.05) is 4.90 Å². The number of β-amino-alcohol motifs (C(OH)–C–C–N with tert-alkyl or cyclic N) is 1. The molecular weight excluding hydrogens is 216 g/mol. The Morgan fingerprint density at radius 1 is 1.40 bits per heavy atom. The second kappa shape index (κ2) is 5.68. The van der Waals surface area contributed by atoms with Crippen molar-refractivity contribution in [3.05, 3.63) is 0 Å². The average Bonchev–Trinajstić information content (AvgIpc) is 2.65. The lowest BCUT2D eigenvalue weighted by Crippen LogP contribution is -2.42. The largest absolute Gasteiger partial charge is 0.391 e. The number of nitrogens with zero attached hydrogens (tertiary/aromatic N) is 1. The summed E-state index contributed by atoms with van der Waals surface area (Å²) in [5.74, 6) is 0.378. The number of halogens is 1. The Morgan fingerprint density at radius 2 is 2.20 bits per heavy atom. The van der Waals surface area contributed by atoms with Crippen LogP contribution in [0.2, 0.25) is 0 Å². The van der Waals surface area contributed by atoms with Gasteiger partial charge in [0, 0.05) is 19.6 Å². The molecule has 2 aliphatic heterocycles. The average molecular weight is 235 g/mol. The van der Waals surface area contributed by atoms with Crippen LogP contribution in [0.5, 0.6) is 0 Å². The van der Waals surface area contributed by atoms with Crippen LogP contribution in [0.3, 0.4) is 0 Å². The number of rotatable bonds is 1. The molecule has 2 heterocycles. The molecule has 1 amide bonds. The number of hydrogen-bond acceptors (Lipinski definition) is 3. The van der Waals surface area contributed by atoms with Crippen molar-refractivity contribution in [2.45, 2.75) is 25.4 Å². The van der Waals surface area contributed by atoms with Crippen LogP contribution in [-0.4, -0.2) is 48.2 Å². The van der Waals surface area contributed by atoms with Gasteiger partial charge in [0.1, 0.15) is 0 Å². The first-order valence-electron chi connectivity index (χ1n) is 5.45. The van der Waals surface area contributed by atoms with Gasteiger partial charge >= 0.3 is 0 Å². The van der Waals surface area contributed by atoms with Crippen LogP contribution in [0.4, 0.5) is 0 Å². The topological polar surface area (TPSA) is 52.6 Å². The lowest BCUT2D eigenvalue weighted by atomic mass is 9.98. The quantitative estimate of drug-likeness (QED) is 0.672. The highest BCUT2D eigenvalue weighted by Crippen LogP contribution is 2.17. The molecule has 0 spiro atoms. The fourth-order valence-corrected chi connectivity index (χ4v) is 2.26. The number of hydrogen-bond donors (Lipinski definition) is 2. The zero-order valence-electron chi connectivity index (χ0n) is 8.82. The number of aliphatic hydroxyl groups excluding tert-OH is 1. The number of carbonyl (C=O) groups is 1. The first kappa shape index (κ1) is 12.7. The second-order valence-corrected chi connectivity index (χ2v) is 4.27. The van der Waals surface area contributed by atoms with Gasteiger partial charge in [-0.3, -0.25) is 4.79 Å². The van der Waals surface area contributed by atoms with E-state index in [0.717, 1.165) is 38.9 Å². The maximum absolute atomic E-state index is 11.9. The van der Waals surface area contributed by atoms with Gasteiger partial charge in [0.15, 0.2) is 0 Å². The molecule has 2 rings (SSSR count). The Kier molecular flexibility index (Phi) is 4.83. The highest BCUT2D eigenvalue weighted by Gasteiger charge is 2.30. The number of piperidine rings is 1. The first-order chi connectivity index (χ1) is 6.77. The lowest BCUT2D eigenvalue weighted by molar-refractivity contribution is -0.135. The number of amides is 1. The van der Waals surface area contributed by atoms with E-state index in [0.29, 0.717) is 6.54 Å². The molecule has 2 atom stereocenters. The predicted octanol–water partition coefficient (Wildman–Crippen LogP) is 0.001000. The SMILES string of the molecule is Cl.O=C(C1CCCNC1)N1CCC(O)C1. The molecule has 15 heavy (non-hydrogen) atoms. The summed E-state index contributed by atoms with van der Waals surface area (Å²) in [5, 5.41) is 12.6. The molecule has 2 N–H and O–H groups in total. The van der Waals surface area contributed by atoms with Gasteiger partial charge in [0.25, 0.3) is 0 Å². The maximum atomic E-state index is 11.9. The molecule has 0 bridgehead atoms. The minimum atomic E-state index is -0.296. The smallest absolute Gasteiger partial charge is 0.227 e. The lowest BCUT2D eigenvalue weighted by Gasteiger charge is -2.26. The zero-order chi connectivity index (χ0) is 9.97. The summed E-state index contributed by atoms with van der Waals surface area (Å²) in [7, 11) is 0. The van der Waals surface area contributed by atoms with E-state index in [1.165, 1.54) is 0 Å². The standard InChI is InChI=1S/C10H18N2O2.ClH/c13-9-3-5-12(7-9)10(14)8-2-1-4-11-6-8;/h8-9,11,13H,1-7H2;1H. The van der Waals surface area contributed by atoms with Crippen LogP contribution in [-0.2, 0) is 4.79 Å². The van der Waals surface area contributed by atoms with Crippen molar-refractivity contribution >= 4 is 18.3 Å². The van der Waals surface area contributed by atoms with Gasteiger partial charge in [-0.25, -0.2) is 0 Å². The molecule has 2 unspecified atom stereocenters. The van der Waals surface area contributed by atoms with Gasteiger partial charge in [0.2, 0.25) is 5.91 Å². The fourth-order valence-electron chi connectivity index (χ4n) is 2.26. The predicted molar refractivity (Wildman–Crippen MR) is 60.0 cm³/mol. The minimum Gasteiger partial charge on any atom is -0.391 e. The number of likely N-dealkylation sites (tertiary alicyclic amines) is 1. The molecule has 2 aliphatic rings. The molecular formula is C10H19ClN2O2. The van der Waals surface area contributed by atoms with E-state index < -0.39 is 0 Å². The van der Waals surface area contributed by atoms with Crippen LogP contribution in [0, 0.1) is 5.92 Å². The highest BCUT2D eigenvalue weighted by molar-refractivity contribution is 5.85. The zero-order valence-corrected chi connectivity index (χ0v) is 9.63. The summed E-state index contributed by atoms with van der Waals surface area (Å²) < 4.78 is 0. The number of carbonyl (C=O) groups excluding carboxylic acids is 1. The van der Waals surface area contributed by atoms with Crippen molar-refractivity contribution in [3.8, 4) is 0 Å². The third-order valence-corrected chi connectivity index (χ3v) is 3.12.